The Kier molecular flexibility index (Phi) is 4.16. The van der Waals surface area contributed by atoms with Crippen molar-refractivity contribution in [2.75, 3.05) is 0 Å². The third-order valence-corrected chi connectivity index (χ3v) is 22.2. The van der Waals surface area contributed by atoms with E-state index in [2.05, 4.69) is 83.2 Å². The van der Waals surface area contributed by atoms with Gasteiger partial charge in [0, 0.05) is 0 Å². The standard InChI is InChI=1S/2C11H11.Hf.H2Si/c2*1-8-6-7-9(2)11-5-3-4-10(8)11;;/h2*3-7H,1-2H3;;1H2. The average Bonchev–Trinajstić information content (AvgIpc) is 3.19. The predicted octanol–water partition coefficient (Wildman–Crippen LogP) is 4.92. The Morgan fingerprint density at radius 1 is 0.667 bits per heavy atom. The van der Waals surface area contributed by atoms with Crippen LogP contribution in [0.3, 0.4) is 0 Å². The van der Waals surface area contributed by atoms with Gasteiger partial charge in [-0.15, -0.1) is 0 Å². The molecule has 0 N–H and O–H groups in total. The molecule has 0 saturated carbocycles. The van der Waals surface area contributed by atoms with Gasteiger partial charge in [-0.05, 0) is 0 Å². The summed E-state index contributed by atoms with van der Waals surface area (Å²) in [6.45, 7) is 11.5. The van der Waals surface area contributed by atoms with Gasteiger partial charge < -0.3 is 0 Å². The van der Waals surface area contributed by atoms with E-state index in [9.17, 15) is 0 Å². The maximum absolute atomic E-state index is 2.54. The minimum atomic E-state index is -1.89. The van der Waals surface area contributed by atoms with Crippen molar-refractivity contribution < 1.29 is 20.1 Å². The fourth-order valence-electron chi connectivity index (χ4n) is 4.37. The Morgan fingerprint density at radius 2 is 1.04 bits per heavy atom. The Bertz CT molecular complexity index is 858. The summed E-state index contributed by atoms with van der Waals surface area (Å²) in [6, 6.07) is 9.21. The van der Waals surface area contributed by atoms with Gasteiger partial charge in [0.05, 0.1) is 0 Å². The third kappa shape index (κ3) is 2.42. The summed E-state index contributed by atoms with van der Waals surface area (Å²) < 4.78 is 1.48. The number of hydrogen-bond acceptors (Lipinski definition) is 0. The molecular formula is C22H24HfSi. The number of fused-ring (bicyclic) bond motifs is 2. The maximum atomic E-state index is 2.54. The fourth-order valence-corrected chi connectivity index (χ4v) is 19.2. The number of benzene rings is 2. The SMILES string of the molecule is Cc1ccc(C)c2c1C=C[CH]2[Hf](=[SiH2])[CH]1C=Cc2c(C)ccc(C)c21. The van der Waals surface area contributed by atoms with Crippen molar-refractivity contribution in [2.45, 2.75) is 35.0 Å². The first kappa shape index (κ1) is 16.5. The normalized spacial score (nSPS) is 20.3. The van der Waals surface area contributed by atoms with Crippen molar-refractivity contribution >= 4 is 19.1 Å². The van der Waals surface area contributed by atoms with Crippen LogP contribution in [-0.2, 0) is 20.1 Å². The van der Waals surface area contributed by atoms with Crippen LogP contribution in [-0.4, -0.2) is 6.94 Å². The second kappa shape index (κ2) is 6.07. The first-order valence-electron chi connectivity index (χ1n) is 8.74. The van der Waals surface area contributed by atoms with Gasteiger partial charge in [0.1, 0.15) is 0 Å². The zero-order valence-corrected chi connectivity index (χ0v) is 20.0. The molecule has 24 heavy (non-hydrogen) atoms. The van der Waals surface area contributed by atoms with Crippen LogP contribution in [0.1, 0.15) is 51.9 Å². The minimum absolute atomic E-state index is 0.740. The van der Waals surface area contributed by atoms with Crippen LogP contribution in [0.2, 0.25) is 0 Å². The second-order valence-electron chi connectivity index (χ2n) is 7.30. The third-order valence-electron chi connectivity index (χ3n) is 5.78. The predicted molar refractivity (Wildman–Crippen MR) is 104 cm³/mol. The van der Waals surface area contributed by atoms with Gasteiger partial charge in [-0.3, -0.25) is 0 Å². The fraction of sp³-hybridized carbons (Fsp3) is 0.273. The molecule has 2 aliphatic carbocycles. The van der Waals surface area contributed by atoms with Gasteiger partial charge in [0.25, 0.3) is 0 Å². The van der Waals surface area contributed by atoms with E-state index in [0.717, 1.165) is 7.35 Å². The van der Waals surface area contributed by atoms with Gasteiger partial charge in [0.15, 0.2) is 0 Å². The van der Waals surface area contributed by atoms with Gasteiger partial charge in [-0.2, -0.15) is 0 Å². The van der Waals surface area contributed by atoms with E-state index in [1.165, 1.54) is 33.4 Å². The van der Waals surface area contributed by atoms with Crippen molar-refractivity contribution in [1.29, 1.82) is 0 Å². The van der Waals surface area contributed by atoms with Gasteiger partial charge in [-0.1, -0.05) is 0 Å². The molecule has 4 rings (SSSR count). The molecule has 120 valence electrons. The van der Waals surface area contributed by atoms with Crippen molar-refractivity contribution in [3.8, 4) is 0 Å². The second-order valence-corrected chi connectivity index (χ2v) is 22.6. The molecule has 0 aliphatic heterocycles. The van der Waals surface area contributed by atoms with Gasteiger partial charge >= 0.3 is 155 Å². The molecule has 0 amide bonds. The molecule has 0 spiro atoms. The number of hydrogen-bond donors (Lipinski definition) is 0. The van der Waals surface area contributed by atoms with Crippen LogP contribution in [0.5, 0.6) is 0 Å². The van der Waals surface area contributed by atoms with E-state index in [1.54, 1.807) is 11.1 Å². The zero-order valence-electron chi connectivity index (χ0n) is 15.0. The first-order valence-corrected chi connectivity index (χ1v) is 21.2. The summed E-state index contributed by atoms with van der Waals surface area (Å²) in [6.07, 6.45) is 9.89. The summed E-state index contributed by atoms with van der Waals surface area (Å²) in [7, 11) is 0. The van der Waals surface area contributed by atoms with E-state index in [-0.39, 0.29) is 0 Å². The molecule has 0 saturated heterocycles. The van der Waals surface area contributed by atoms with Crippen LogP contribution < -0.4 is 0 Å². The zero-order chi connectivity index (χ0) is 17.0. The van der Waals surface area contributed by atoms with Crippen LogP contribution in [0.15, 0.2) is 36.4 Å². The monoisotopic (exact) mass is 496 g/mol. The van der Waals surface area contributed by atoms with Crippen molar-refractivity contribution in [2.24, 2.45) is 0 Å². The topological polar surface area (TPSA) is 0 Å². The van der Waals surface area contributed by atoms with E-state index in [1.807, 2.05) is 0 Å². The van der Waals surface area contributed by atoms with Crippen molar-refractivity contribution in [3.63, 3.8) is 0 Å². The molecule has 2 aliphatic rings. The molecule has 2 aromatic rings. The number of rotatable bonds is 2. The van der Waals surface area contributed by atoms with Gasteiger partial charge in [-0.25, -0.2) is 0 Å². The van der Waals surface area contributed by atoms with Crippen LogP contribution in [0.25, 0.3) is 12.2 Å². The van der Waals surface area contributed by atoms with Crippen LogP contribution in [0, 0.1) is 27.7 Å². The van der Waals surface area contributed by atoms with Gasteiger partial charge in [0.2, 0.25) is 0 Å². The Hall–Kier alpha value is -0.993. The first-order chi connectivity index (χ1) is 11.5. The van der Waals surface area contributed by atoms with Crippen LogP contribution >= 0.6 is 0 Å². The molecule has 0 radical (unpaired) electrons. The summed E-state index contributed by atoms with van der Waals surface area (Å²) >= 11 is -1.89. The van der Waals surface area contributed by atoms with E-state index in [0.29, 0.717) is 0 Å². The average molecular weight is 495 g/mol. The Balaban J connectivity index is 1.78. The molecule has 2 heteroatoms. The molecule has 0 aromatic heterocycles. The summed E-state index contributed by atoms with van der Waals surface area (Å²) in [4.78, 5) is 0. The molecule has 2 aromatic carbocycles. The molecule has 2 unspecified atom stereocenters. The molecule has 0 bridgehead atoms. The summed E-state index contributed by atoms with van der Waals surface area (Å²) in [5.41, 5.74) is 12.2. The van der Waals surface area contributed by atoms with E-state index in [4.69, 9.17) is 0 Å². The molecule has 0 fully saturated rings. The summed E-state index contributed by atoms with van der Waals surface area (Å²) in [5, 5.41) is 0. The quantitative estimate of drug-likeness (QED) is 0.520. The molecule has 0 heterocycles. The molecular weight excluding hydrogens is 471 g/mol. The molecule has 0 nitrogen and oxygen atoms in total. The van der Waals surface area contributed by atoms with E-state index < -0.39 is 20.1 Å². The summed E-state index contributed by atoms with van der Waals surface area (Å²) in [5.74, 6) is 0. The van der Waals surface area contributed by atoms with Crippen LogP contribution in [0.4, 0.5) is 0 Å². The number of allylic oxidation sites excluding steroid dienone is 2. The van der Waals surface area contributed by atoms with Crippen molar-refractivity contribution in [3.05, 3.63) is 80.9 Å². The Morgan fingerprint density at radius 3 is 1.46 bits per heavy atom. The van der Waals surface area contributed by atoms with Crippen molar-refractivity contribution in [1.82, 2.24) is 0 Å². The molecule has 2 atom stereocenters. The number of aryl methyl sites for hydroxylation is 4. The van der Waals surface area contributed by atoms with E-state index >= 15 is 0 Å². The Labute approximate surface area is 154 Å².